The van der Waals surface area contributed by atoms with Crippen molar-refractivity contribution in [2.75, 3.05) is 0 Å². The van der Waals surface area contributed by atoms with Gasteiger partial charge in [-0.15, -0.1) is 0 Å². The molecule has 5 heteroatoms. The third-order valence-corrected chi connectivity index (χ3v) is 2.85. The van der Waals surface area contributed by atoms with Gasteiger partial charge in [-0.2, -0.15) is 0 Å². The third kappa shape index (κ3) is 4.59. The molecule has 1 aromatic carbocycles. The summed E-state index contributed by atoms with van der Waals surface area (Å²) >= 11 is 0. The zero-order valence-electron chi connectivity index (χ0n) is 11.4. The van der Waals surface area contributed by atoms with Gasteiger partial charge >= 0.3 is 0 Å². The van der Waals surface area contributed by atoms with Crippen molar-refractivity contribution >= 4 is 5.91 Å². The number of benzene rings is 1. The molecular formula is C14H20F2N2O. The number of nitrogens with two attached hydrogens (primary N) is 1. The molecule has 3 N–H and O–H groups in total. The van der Waals surface area contributed by atoms with Gasteiger partial charge < -0.3 is 11.1 Å². The van der Waals surface area contributed by atoms with E-state index >= 15 is 0 Å². The highest BCUT2D eigenvalue weighted by atomic mass is 19.1. The zero-order valence-corrected chi connectivity index (χ0v) is 11.4. The standard InChI is InChI=1S/C14H20F2N2O/c1-8(2)6-13(17)14(19)18-9(3)11-5-4-10(15)7-12(11)16/h4-5,7-9,13H,6,17H2,1-3H3,(H,18,19)/t9-,13-/m1/s1. The summed E-state index contributed by atoms with van der Waals surface area (Å²) in [4.78, 5) is 11.8. The highest BCUT2D eigenvalue weighted by Gasteiger charge is 2.19. The van der Waals surface area contributed by atoms with Crippen LogP contribution < -0.4 is 11.1 Å². The number of rotatable bonds is 5. The van der Waals surface area contributed by atoms with E-state index in [9.17, 15) is 13.6 Å². The molecule has 0 aliphatic carbocycles. The van der Waals surface area contributed by atoms with Crippen molar-refractivity contribution in [3.8, 4) is 0 Å². The molecule has 0 radical (unpaired) electrons. The first-order valence-corrected chi connectivity index (χ1v) is 6.32. The minimum Gasteiger partial charge on any atom is -0.348 e. The summed E-state index contributed by atoms with van der Waals surface area (Å²) in [5, 5.41) is 2.64. The number of hydrogen-bond acceptors (Lipinski definition) is 2. The normalized spacial score (nSPS) is 14.3. The molecule has 1 amide bonds. The van der Waals surface area contributed by atoms with Gasteiger partial charge in [0.05, 0.1) is 12.1 Å². The van der Waals surface area contributed by atoms with Crippen molar-refractivity contribution in [2.24, 2.45) is 11.7 Å². The molecule has 0 fully saturated rings. The van der Waals surface area contributed by atoms with Gasteiger partial charge in [-0.3, -0.25) is 4.79 Å². The smallest absolute Gasteiger partial charge is 0.237 e. The van der Waals surface area contributed by atoms with Crippen molar-refractivity contribution in [1.29, 1.82) is 0 Å². The highest BCUT2D eigenvalue weighted by molar-refractivity contribution is 5.81. The van der Waals surface area contributed by atoms with Gasteiger partial charge in [-0.1, -0.05) is 19.9 Å². The number of hydrogen-bond donors (Lipinski definition) is 2. The molecule has 0 spiro atoms. The van der Waals surface area contributed by atoms with E-state index in [-0.39, 0.29) is 11.5 Å². The summed E-state index contributed by atoms with van der Waals surface area (Å²) in [5.74, 6) is -1.34. The van der Waals surface area contributed by atoms with Gasteiger partial charge in [0.25, 0.3) is 0 Å². The summed E-state index contributed by atoms with van der Waals surface area (Å²) < 4.78 is 26.3. The minimum absolute atomic E-state index is 0.242. The lowest BCUT2D eigenvalue weighted by Gasteiger charge is -2.19. The molecule has 0 aromatic heterocycles. The van der Waals surface area contributed by atoms with Crippen LogP contribution in [0.1, 0.15) is 38.8 Å². The number of carbonyl (C=O) groups excluding carboxylic acids is 1. The van der Waals surface area contributed by atoms with Crippen LogP contribution in [0.2, 0.25) is 0 Å². The first-order chi connectivity index (χ1) is 8.81. The Balaban J connectivity index is 2.68. The summed E-state index contributed by atoms with van der Waals surface area (Å²) in [5.41, 5.74) is 5.98. The Labute approximate surface area is 112 Å². The van der Waals surface area contributed by atoms with Crippen LogP contribution in [0.3, 0.4) is 0 Å². The maximum atomic E-state index is 13.5. The molecule has 1 rings (SSSR count). The van der Waals surface area contributed by atoms with E-state index in [1.807, 2.05) is 13.8 Å². The van der Waals surface area contributed by atoms with E-state index < -0.39 is 23.7 Å². The second-order valence-corrected chi connectivity index (χ2v) is 5.13. The fourth-order valence-corrected chi connectivity index (χ4v) is 1.87. The van der Waals surface area contributed by atoms with Crippen LogP contribution in [0.4, 0.5) is 8.78 Å². The van der Waals surface area contributed by atoms with Gasteiger partial charge in [0.2, 0.25) is 5.91 Å². The van der Waals surface area contributed by atoms with Crippen molar-refractivity contribution in [2.45, 2.75) is 39.3 Å². The monoisotopic (exact) mass is 270 g/mol. The number of halogens is 2. The molecular weight excluding hydrogens is 250 g/mol. The largest absolute Gasteiger partial charge is 0.348 e. The third-order valence-electron chi connectivity index (χ3n) is 2.85. The van der Waals surface area contributed by atoms with Crippen LogP contribution >= 0.6 is 0 Å². The Hall–Kier alpha value is -1.49. The zero-order chi connectivity index (χ0) is 14.6. The van der Waals surface area contributed by atoms with Gasteiger partial charge in [0.1, 0.15) is 11.6 Å². The molecule has 0 aliphatic heterocycles. The van der Waals surface area contributed by atoms with Crippen LogP contribution in [-0.4, -0.2) is 11.9 Å². The van der Waals surface area contributed by atoms with Crippen molar-refractivity contribution in [3.63, 3.8) is 0 Å². The summed E-state index contributed by atoms with van der Waals surface area (Å²) in [7, 11) is 0. The Morgan fingerprint density at radius 2 is 1.95 bits per heavy atom. The average Bonchev–Trinajstić information content (AvgIpc) is 2.27. The van der Waals surface area contributed by atoms with Crippen LogP contribution in [0, 0.1) is 17.6 Å². The molecule has 3 nitrogen and oxygen atoms in total. The molecule has 19 heavy (non-hydrogen) atoms. The second-order valence-electron chi connectivity index (χ2n) is 5.13. The van der Waals surface area contributed by atoms with Crippen molar-refractivity contribution in [1.82, 2.24) is 5.32 Å². The maximum Gasteiger partial charge on any atom is 0.237 e. The Morgan fingerprint density at radius 3 is 2.47 bits per heavy atom. The van der Waals surface area contributed by atoms with Gasteiger partial charge in [-0.05, 0) is 25.3 Å². The molecule has 0 bridgehead atoms. The van der Waals surface area contributed by atoms with E-state index in [0.29, 0.717) is 12.3 Å². The molecule has 0 unspecified atom stereocenters. The van der Waals surface area contributed by atoms with E-state index in [0.717, 1.165) is 12.1 Å². The van der Waals surface area contributed by atoms with E-state index in [1.165, 1.54) is 6.07 Å². The Morgan fingerprint density at radius 1 is 1.32 bits per heavy atom. The fourth-order valence-electron chi connectivity index (χ4n) is 1.87. The molecule has 106 valence electrons. The fraction of sp³-hybridized carbons (Fsp3) is 0.500. The molecule has 2 atom stereocenters. The first-order valence-electron chi connectivity index (χ1n) is 6.32. The lowest BCUT2D eigenvalue weighted by atomic mass is 10.0. The van der Waals surface area contributed by atoms with Crippen LogP contribution in [-0.2, 0) is 4.79 Å². The van der Waals surface area contributed by atoms with E-state index in [4.69, 9.17) is 5.73 Å². The molecule has 0 saturated heterocycles. The topological polar surface area (TPSA) is 55.1 Å². The highest BCUT2D eigenvalue weighted by Crippen LogP contribution is 2.18. The van der Waals surface area contributed by atoms with Gasteiger partial charge in [0, 0.05) is 11.6 Å². The predicted molar refractivity (Wildman–Crippen MR) is 70.3 cm³/mol. The van der Waals surface area contributed by atoms with E-state index in [1.54, 1.807) is 6.92 Å². The minimum atomic E-state index is -0.676. The van der Waals surface area contributed by atoms with Crippen LogP contribution in [0.25, 0.3) is 0 Å². The Bertz CT molecular complexity index is 449. The van der Waals surface area contributed by atoms with Crippen LogP contribution in [0.15, 0.2) is 18.2 Å². The lowest BCUT2D eigenvalue weighted by molar-refractivity contribution is -0.123. The number of carbonyl (C=O) groups is 1. The average molecular weight is 270 g/mol. The summed E-state index contributed by atoms with van der Waals surface area (Å²) in [6.07, 6.45) is 0.560. The van der Waals surface area contributed by atoms with Gasteiger partial charge in [0.15, 0.2) is 0 Å². The van der Waals surface area contributed by atoms with E-state index in [2.05, 4.69) is 5.32 Å². The first kappa shape index (κ1) is 15.6. The second kappa shape index (κ2) is 6.61. The molecule has 1 aromatic rings. The van der Waals surface area contributed by atoms with Crippen molar-refractivity contribution in [3.05, 3.63) is 35.4 Å². The lowest BCUT2D eigenvalue weighted by Crippen LogP contribution is -2.42. The summed E-state index contributed by atoms with van der Waals surface area (Å²) in [6, 6.07) is 2.11. The molecule has 0 heterocycles. The van der Waals surface area contributed by atoms with Crippen LogP contribution in [0.5, 0.6) is 0 Å². The number of nitrogens with one attached hydrogen (secondary N) is 1. The van der Waals surface area contributed by atoms with Crippen molar-refractivity contribution < 1.29 is 13.6 Å². The maximum absolute atomic E-state index is 13.5. The quantitative estimate of drug-likeness (QED) is 0.863. The molecule has 0 aliphatic rings. The number of amides is 1. The van der Waals surface area contributed by atoms with Gasteiger partial charge in [-0.25, -0.2) is 8.78 Å². The Kier molecular flexibility index (Phi) is 5.42. The predicted octanol–water partition coefficient (Wildman–Crippen LogP) is 2.52. The summed E-state index contributed by atoms with van der Waals surface area (Å²) in [6.45, 7) is 5.57. The SMILES string of the molecule is CC(C)C[C@@H](N)C(=O)N[C@H](C)c1ccc(F)cc1F. The molecule has 0 saturated carbocycles.